The van der Waals surface area contributed by atoms with Gasteiger partial charge >= 0.3 is 5.97 Å². The molecule has 0 heterocycles. The quantitative estimate of drug-likeness (QED) is 0.569. The van der Waals surface area contributed by atoms with Gasteiger partial charge in [0.25, 0.3) is 0 Å². The summed E-state index contributed by atoms with van der Waals surface area (Å²) in [6, 6.07) is 3.46. The van der Waals surface area contributed by atoms with Crippen molar-refractivity contribution < 1.29 is 19.0 Å². The van der Waals surface area contributed by atoms with Crippen molar-refractivity contribution in [3.63, 3.8) is 0 Å². The van der Waals surface area contributed by atoms with Crippen LogP contribution < -0.4 is 9.47 Å². The Hall–Kier alpha value is -2.23. The number of hydrogen-bond acceptors (Lipinski definition) is 4. The van der Waals surface area contributed by atoms with Crippen LogP contribution in [0.2, 0.25) is 0 Å². The van der Waals surface area contributed by atoms with Crippen molar-refractivity contribution in [1.82, 2.24) is 0 Å². The standard InChI is InChI=1S/C17H22O4/c1-11(2)9-13-14(19-5)7-8-15(20-6)16(13)17(18)21-10-12(3)4/h7-8H,1,3,9-10H2,2,4-6H3. The maximum atomic E-state index is 12.4. The van der Waals surface area contributed by atoms with E-state index in [1.54, 1.807) is 26.2 Å². The zero-order valence-corrected chi connectivity index (χ0v) is 13.1. The molecule has 0 aliphatic rings. The summed E-state index contributed by atoms with van der Waals surface area (Å²) in [5, 5.41) is 0. The fraction of sp³-hybridized carbons (Fsp3) is 0.353. The second kappa shape index (κ2) is 7.53. The van der Waals surface area contributed by atoms with Crippen molar-refractivity contribution in [3.05, 3.63) is 47.6 Å². The molecule has 1 rings (SSSR count). The van der Waals surface area contributed by atoms with Gasteiger partial charge in [-0.25, -0.2) is 4.79 Å². The van der Waals surface area contributed by atoms with Crippen LogP contribution >= 0.6 is 0 Å². The number of allylic oxidation sites excluding steroid dienone is 1. The first-order valence-corrected chi connectivity index (χ1v) is 6.60. The van der Waals surface area contributed by atoms with E-state index in [0.29, 0.717) is 23.5 Å². The highest BCUT2D eigenvalue weighted by molar-refractivity contribution is 5.95. The summed E-state index contributed by atoms with van der Waals surface area (Å²) in [7, 11) is 3.08. The van der Waals surface area contributed by atoms with Gasteiger partial charge in [-0.05, 0) is 38.0 Å². The summed E-state index contributed by atoms with van der Waals surface area (Å²) in [5.41, 5.74) is 2.78. The molecule has 0 unspecified atom stereocenters. The summed E-state index contributed by atoms with van der Waals surface area (Å²) in [6.45, 7) is 11.5. The monoisotopic (exact) mass is 290 g/mol. The van der Waals surface area contributed by atoms with Crippen molar-refractivity contribution in [2.75, 3.05) is 20.8 Å². The van der Waals surface area contributed by atoms with E-state index in [4.69, 9.17) is 14.2 Å². The number of rotatable bonds is 7. The lowest BCUT2D eigenvalue weighted by atomic mass is 9.99. The molecule has 4 nitrogen and oxygen atoms in total. The number of carbonyl (C=O) groups excluding carboxylic acids is 1. The minimum absolute atomic E-state index is 0.172. The summed E-state index contributed by atoms with van der Waals surface area (Å²) in [5.74, 6) is 0.616. The molecular formula is C17H22O4. The molecule has 0 spiro atoms. The molecule has 0 bridgehead atoms. The first-order chi connectivity index (χ1) is 9.90. The predicted octanol–water partition coefficient (Wildman–Crippen LogP) is 3.56. The molecule has 0 saturated carbocycles. The van der Waals surface area contributed by atoms with E-state index < -0.39 is 5.97 Å². The Morgan fingerprint density at radius 2 is 1.62 bits per heavy atom. The molecule has 0 aliphatic carbocycles. The maximum absolute atomic E-state index is 12.4. The lowest BCUT2D eigenvalue weighted by Crippen LogP contribution is -2.13. The Morgan fingerprint density at radius 1 is 1.05 bits per heavy atom. The van der Waals surface area contributed by atoms with Gasteiger partial charge in [0.05, 0.1) is 14.2 Å². The molecule has 0 saturated heterocycles. The van der Waals surface area contributed by atoms with E-state index in [2.05, 4.69) is 13.2 Å². The zero-order chi connectivity index (χ0) is 16.0. The first kappa shape index (κ1) is 16.8. The van der Waals surface area contributed by atoms with Crippen molar-refractivity contribution in [3.8, 4) is 11.5 Å². The second-order valence-corrected chi connectivity index (χ2v) is 4.99. The largest absolute Gasteiger partial charge is 0.496 e. The molecule has 0 atom stereocenters. The minimum atomic E-state index is -0.454. The highest BCUT2D eigenvalue weighted by Crippen LogP contribution is 2.32. The smallest absolute Gasteiger partial charge is 0.342 e. The van der Waals surface area contributed by atoms with Crippen LogP contribution in [0.25, 0.3) is 0 Å². The number of esters is 1. The highest BCUT2D eigenvalue weighted by Gasteiger charge is 2.22. The average Bonchev–Trinajstić information content (AvgIpc) is 2.43. The number of benzene rings is 1. The molecule has 1 aromatic rings. The summed E-state index contributed by atoms with van der Waals surface area (Å²) < 4.78 is 15.9. The van der Waals surface area contributed by atoms with Gasteiger partial charge in [0, 0.05) is 5.56 Å². The lowest BCUT2D eigenvalue weighted by Gasteiger charge is -2.16. The van der Waals surface area contributed by atoms with Crippen LogP contribution in [0.4, 0.5) is 0 Å². The van der Waals surface area contributed by atoms with Crippen LogP contribution in [0.5, 0.6) is 11.5 Å². The minimum Gasteiger partial charge on any atom is -0.496 e. The summed E-state index contributed by atoms with van der Waals surface area (Å²) in [4.78, 5) is 12.4. The van der Waals surface area contributed by atoms with Gasteiger partial charge in [-0.15, -0.1) is 0 Å². The van der Waals surface area contributed by atoms with E-state index >= 15 is 0 Å². The Morgan fingerprint density at radius 3 is 2.10 bits per heavy atom. The predicted molar refractivity (Wildman–Crippen MR) is 83.2 cm³/mol. The Balaban J connectivity index is 3.32. The number of hydrogen-bond donors (Lipinski definition) is 0. The Labute approximate surface area is 126 Å². The molecule has 21 heavy (non-hydrogen) atoms. The number of ether oxygens (including phenoxy) is 3. The number of methoxy groups -OCH3 is 2. The van der Waals surface area contributed by atoms with Crippen LogP contribution in [0.3, 0.4) is 0 Å². The van der Waals surface area contributed by atoms with Crippen molar-refractivity contribution in [1.29, 1.82) is 0 Å². The van der Waals surface area contributed by atoms with Gasteiger partial charge in [0.1, 0.15) is 23.7 Å². The molecule has 0 radical (unpaired) electrons. The average molecular weight is 290 g/mol. The van der Waals surface area contributed by atoms with Gasteiger partial charge in [-0.3, -0.25) is 0 Å². The van der Waals surface area contributed by atoms with Gasteiger partial charge in [-0.2, -0.15) is 0 Å². The van der Waals surface area contributed by atoms with Gasteiger partial charge in [0.2, 0.25) is 0 Å². The second-order valence-electron chi connectivity index (χ2n) is 4.99. The molecule has 0 aliphatic heterocycles. The first-order valence-electron chi connectivity index (χ1n) is 6.60. The van der Waals surface area contributed by atoms with Gasteiger partial charge in [0.15, 0.2) is 0 Å². The maximum Gasteiger partial charge on any atom is 0.342 e. The van der Waals surface area contributed by atoms with E-state index in [1.807, 2.05) is 6.92 Å². The summed E-state index contributed by atoms with van der Waals surface area (Å²) in [6.07, 6.45) is 0.512. The third kappa shape index (κ3) is 4.38. The zero-order valence-electron chi connectivity index (χ0n) is 13.1. The van der Waals surface area contributed by atoms with Gasteiger partial charge < -0.3 is 14.2 Å². The molecule has 114 valence electrons. The van der Waals surface area contributed by atoms with E-state index in [9.17, 15) is 4.79 Å². The Bertz CT molecular complexity index is 558. The summed E-state index contributed by atoms with van der Waals surface area (Å²) >= 11 is 0. The van der Waals surface area contributed by atoms with Crippen LogP contribution in [0.15, 0.2) is 36.4 Å². The molecule has 0 amide bonds. The van der Waals surface area contributed by atoms with Crippen LogP contribution in [-0.4, -0.2) is 26.8 Å². The van der Waals surface area contributed by atoms with Crippen molar-refractivity contribution in [2.45, 2.75) is 20.3 Å². The fourth-order valence-electron chi connectivity index (χ4n) is 1.93. The molecule has 0 N–H and O–H groups in total. The number of carbonyl (C=O) groups is 1. The molecule has 0 aromatic heterocycles. The van der Waals surface area contributed by atoms with Crippen LogP contribution in [-0.2, 0) is 11.2 Å². The van der Waals surface area contributed by atoms with E-state index in [0.717, 1.165) is 16.7 Å². The van der Waals surface area contributed by atoms with E-state index in [-0.39, 0.29) is 6.61 Å². The van der Waals surface area contributed by atoms with Gasteiger partial charge in [-0.1, -0.05) is 18.7 Å². The highest BCUT2D eigenvalue weighted by atomic mass is 16.5. The molecule has 1 aromatic carbocycles. The van der Waals surface area contributed by atoms with Crippen LogP contribution in [0, 0.1) is 0 Å². The topological polar surface area (TPSA) is 44.8 Å². The molecular weight excluding hydrogens is 268 g/mol. The third-order valence-electron chi connectivity index (χ3n) is 2.80. The van der Waals surface area contributed by atoms with Crippen LogP contribution in [0.1, 0.15) is 29.8 Å². The lowest BCUT2D eigenvalue weighted by molar-refractivity contribution is 0.0535. The fourth-order valence-corrected chi connectivity index (χ4v) is 1.93. The molecule has 0 fully saturated rings. The Kier molecular flexibility index (Phi) is 6.03. The SMILES string of the molecule is C=C(C)COC(=O)c1c(OC)ccc(OC)c1CC(=C)C. The third-order valence-corrected chi connectivity index (χ3v) is 2.80. The van der Waals surface area contributed by atoms with Crippen molar-refractivity contribution >= 4 is 5.97 Å². The van der Waals surface area contributed by atoms with Crippen molar-refractivity contribution in [2.24, 2.45) is 0 Å². The normalized spacial score (nSPS) is 9.90. The van der Waals surface area contributed by atoms with E-state index in [1.165, 1.54) is 7.11 Å². The molecule has 4 heteroatoms.